The Balaban J connectivity index is 2.24. The molecule has 0 aliphatic carbocycles. The van der Waals surface area contributed by atoms with Gasteiger partial charge in [-0.05, 0) is 12.1 Å². The number of carboxylic acids is 1. The number of aromatic carboxylic acids is 1. The largest absolute Gasteiger partial charge is 0.477 e. The number of nitrogens with zero attached hydrogens (tertiary/aromatic N) is 3. The Hall–Kier alpha value is -2.96. The van der Waals surface area contributed by atoms with Crippen molar-refractivity contribution in [3.63, 3.8) is 0 Å². The summed E-state index contributed by atoms with van der Waals surface area (Å²) in [7, 11) is 0. The van der Waals surface area contributed by atoms with Crippen LogP contribution < -0.4 is 5.56 Å². The maximum atomic E-state index is 11.8. The molecule has 0 spiro atoms. The molecule has 3 aromatic heterocycles. The van der Waals surface area contributed by atoms with Crippen molar-refractivity contribution in [2.24, 2.45) is 0 Å². The lowest BCUT2D eigenvalue weighted by atomic mass is 10.2. The highest BCUT2D eigenvalue weighted by atomic mass is 16.4. The van der Waals surface area contributed by atoms with Gasteiger partial charge in [-0.15, -0.1) is 0 Å². The smallest absolute Gasteiger partial charge is 0.354 e. The zero-order valence-corrected chi connectivity index (χ0v) is 9.57. The molecular formula is C12H8N4O3. The van der Waals surface area contributed by atoms with Crippen molar-refractivity contribution in [2.45, 2.75) is 0 Å². The van der Waals surface area contributed by atoms with Crippen molar-refractivity contribution >= 4 is 11.6 Å². The summed E-state index contributed by atoms with van der Waals surface area (Å²) in [6.07, 6.45) is 3.27. The molecule has 0 atom stereocenters. The number of carboxylic acid groups (broad SMARTS) is 1. The van der Waals surface area contributed by atoms with Gasteiger partial charge in [-0.2, -0.15) is 0 Å². The number of aromatic nitrogens is 4. The molecule has 0 saturated heterocycles. The summed E-state index contributed by atoms with van der Waals surface area (Å²) in [5.41, 5.74) is 0.924. The normalized spacial score (nSPS) is 10.7. The Kier molecular flexibility index (Phi) is 2.38. The molecule has 7 nitrogen and oxygen atoms in total. The van der Waals surface area contributed by atoms with Gasteiger partial charge in [0.1, 0.15) is 0 Å². The topological polar surface area (TPSA) is 100 Å². The van der Waals surface area contributed by atoms with Crippen molar-refractivity contribution in [2.75, 3.05) is 0 Å². The maximum absolute atomic E-state index is 11.8. The van der Waals surface area contributed by atoms with E-state index in [1.165, 1.54) is 4.52 Å². The summed E-state index contributed by atoms with van der Waals surface area (Å²) in [4.78, 5) is 30.5. The number of fused-ring (bicyclic) bond motifs is 1. The minimum atomic E-state index is -1.23. The van der Waals surface area contributed by atoms with Gasteiger partial charge in [-0.25, -0.2) is 14.3 Å². The number of aromatic amines is 1. The summed E-state index contributed by atoms with van der Waals surface area (Å²) in [6.45, 7) is 0. The highest BCUT2D eigenvalue weighted by Gasteiger charge is 2.11. The monoisotopic (exact) mass is 256 g/mol. The van der Waals surface area contributed by atoms with Crippen molar-refractivity contribution < 1.29 is 9.90 Å². The van der Waals surface area contributed by atoms with Crippen molar-refractivity contribution in [1.29, 1.82) is 0 Å². The first-order chi connectivity index (χ1) is 9.15. The maximum Gasteiger partial charge on any atom is 0.354 e. The molecular weight excluding hydrogens is 248 g/mol. The number of pyridine rings is 1. The Morgan fingerprint density at radius 1 is 1.37 bits per heavy atom. The molecule has 19 heavy (non-hydrogen) atoms. The van der Waals surface area contributed by atoms with Gasteiger partial charge in [-0.1, -0.05) is 0 Å². The third kappa shape index (κ3) is 1.86. The van der Waals surface area contributed by atoms with E-state index in [0.29, 0.717) is 5.69 Å². The summed E-state index contributed by atoms with van der Waals surface area (Å²) >= 11 is 0. The first-order valence-electron chi connectivity index (χ1n) is 5.42. The first kappa shape index (κ1) is 11.1. The van der Waals surface area contributed by atoms with Gasteiger partial charge < -0.3 is 5.11 Å². The van der Waals surface area contributed by atoms with E-state index in [1.54, 1.807) is 24.5 Å². The summed E-state index contributed by atoms with van der Waals surface area (Å²) < 4.78 is 1.19. The third-order valence-electron chi connectivity index (χ3n) is 2.64. The second-order valence-electron chi connectivity index (χ2n) is 3.89. The van der Waals surface area contributed by atoms with Crippen molar-refractivity contribution in [3.8, 4) is 11.3 Å². The van der Waals surface area contributed by atoms with Crippen LogP contribution >= 0.6 is 0 Å². The number of rotatable bonds is 2. The minimum absolute atomic E-state index is 0.253. The van der Waals surface area contributed by atoms with E-state index in [0.717, 1.165) is 11.6 Å². The molecule has 0 unspecified atom stereocenters. The van der Waals surface area contributed by atoms with E-state index in [2.05, 4.69) is 15.1 Å². The van der Waals surface area contributed by atoms with Crippen molar-refractivity contribution in [1.82, 2.24) is 19.6 Å². The molecule has 3 heterocycles. The Bertz CT molecular complexity index is 820. The van der Waals surface area contributed by atoms with Gasteiger partial charge >= 0.3 is 5.97 Å². The van der Waals surface area contributed by atoms with E-state index < -0.39 is 11.5 Å². The number of hydrogen-bond acceptors (Lipinski definition) is 4. The quantitative estimate of drug-likeness (QED) is 0.705. The molecule has 0 fully saturated rings. The zero-order chi connectivity index (χ0) is 13.4. The second-order valence-corrected chi connectivity index (χ2v) is 3.89. The lowest BCUT2D eigenvalue weighted by Crippen LogP contribution is -2.17. The minimum Gasteiger partial charge on any atom is -0.477 e. The van der Waals surface area contributed by atoms with Crippen molar-refractivity contribution in [3.05, 3.63) is 52.7 Å². The van der Waals surface area contributed by atoms with E-state index in [1.807, 2.05) is 6.07 Å². The molecule has 94 valence electrons. The van der Waals surface area contributed by atoms with Gasteiger partial charge in [0, 0.05) is 30.1 Å². The highest BCUT2D eigenvalue weighted by molar-refractivity contribution is 5.85. The molecule has 2 N–H and O–H groups in total. The lowest BCUT2D eigenvalue weighted by molar-refractivity contribution is 0.0690. The van der Waals surface area contributed by atoms with E-state index in [4.69, 9.17) is 5.11 Å². The van der Waals surface area contributed by atoms with Gasteiger partial charge in [0.2, 0.25) is 0 Å². The van der Waals surface area contributed by atoms with Gasteiger partial charge in [0.05, 0.1) is 5.69 Å². The molecule has 0 amide bonds. The van der Waals surface area contributed by atoms with E-state index in [-0.39, 0.29) is 11.3 Å². The van der Waals surface area contributed by atoms with Crippen LogP contribution in [-0.4, -0.2) is 30.7 Å². The van der Waals surface area contributed by atoms with Gasteiger partial charge in [0.25, 0.3) is 5.56 Å². The molecule has 3 rings (SSSR count). The Labute approximate surface area is 106 Å². The van der Waals surface area contributed by atoms with E-state index in [9.17, 15) is 9.59 Å². The molecule has 0 radical (unpaired) electrons. The lowest BCUT2D eigenvalue weighted by Gasteiger charge is -1.95. The Morgan fingerprint density at radius 2 is 2.21 bits per heavy atom. The fraction of sp³-hybridized carbons (Fsp3) is 0. The van der Waals surface area contributed by atoms with Gasteiger partial charge in [-0.3, -0.25) is 14.9 Å². The van der Waals surface area contributed by atoms with Crippen LogP contribution in [0.3, 0.4) is 0 Å². The number of carbonyl (C=O) groups is 1. The van der Waals surface area contributed by atoms with Crippen LogP contribution in [0.4, 0.5) is 0 Å². The third-order valence-corrected chi connectivity index (χ3v) is 2.64. The number of nitrogens with one attached hydrogen (secondary N) is 1. The van der Waals surface area contributed by atoms with E-state index >= 15 is 0 Å². The summed E-state index contributed by atoms with van der Waals surface area (Å²) in [6, 6.07) is 6.16. The summed E-state index contributed by atoms with van der Waals surface area (Å²) in [5.74, 6) is -1.23. The predicted molar refractivity (Wildman–Crippen MR) is 66.0 cm³/mol. The van der Waals surface area contributed by atoms with Crippen LogP contribution in [0.15, 0.2) is 41.5 Å². The van der Waals surface area contributed by atoms with Crippen LogP contribution in [0.5, 0.6) is 0 Å². The molecule has 0 aromatic carbocycles. The molecule has 0 bridgehead atoms. The Morgan fingerprint density at radius 3 is 2.89 bits per heavy atom. The van der Waals surface area contributed by atoms with Crippen LogP contribution in [0.2, 0.25) is 0 Å². The SMILES string of the molecule is O=C(O)c1cc(=O)n2[nH]c(-c3cccnc3)cc2n1. The average Bonchev–Trinajstić information content (AvgIpc) is 2.84. The first-order valence-corrected chi connectivity index (χ1v) is 5.42. The fourth-order valence-electron chi connectivity index (χ4n) is 1.77. The molecule has 7 heteroatoms. The zero-order valence-electron chi connectivity index (χ0n) is 9.57. The molecule has 0 saturated carbocycles. The molecule has 3 aromatic rings. The predicted octanol–water partition coefficient (Wildman–Crippen LogP) is 0.783. The summed E-state index contributed by atoms with van der Waals surface area (Å²) in [5, 5.41) is 11.7. The highest BCUT2D eigenvalue weighted by Crippen LogP contribution is 2.16. The van der Waals surface area contributed by atoms with Gasteiger partial charge in [0.15, 0.2) is 11.3 Å². The average molecular weight is 256 g/mol. The fourth-order valence-corrected chi connectivity index (χ4v) is 1.77. The number of hydrogen-bond donors (Lipinski definition) is 2. The van der Waals surface area contributed by atoms with Crippen LogP contribution in [0, 0.1) is 0 Å². The van der Waals surface area contributed by atoms with Crippen LogP contribution in [-0.2, 0) is 0 Å². The molecule has 0 aliphatic rings. The standard InChI is InChI=1S/C12H8N4O3/c17-11-5-9(12(18)19)14-10-4-8(15-16(10)11)7-2-1-3-13-6-7/h1-6,15H,(H,18,19). The second kappa shape index (κ2) is 4.05. The van der Waals surface area contributed by atoms with Crippen LogP contribution in [0.1, 0.15) is 10.5 Å². The number of H-pyrrole nitrogens is 1. The van der Waals surface area contributed by atoms with Crippen LogP contribution in [0.25, 0.3) is 16.9 Å². The molecule has 0 aliphatic heterocycles.